The summed E-state index contributed by atoms with van der Waals surface area (Å²) in [6.07, 6.45) is 0.696. The molecule has 0 fully saturated rings. The summed E-state index contributed by atoms with van der Waals surface area (Å²) in [7, 11) is 2.91. The molecule has 0 radical (unpaired) electrons. The predicted molar refractivity (Wildman–Crippen MR) is 74.1 cm³/mol. The molecular formula is C14H19NO5. The van der Waals surface area contributed by atoms with Gasteiger partial charge in [0.2, 0.25) is 5.91 Å². The summed E-state index contributed by atoms with van der Waals surface area (Å²) in [6.45, 7) is 2.38. The van der Waals surface area contributed by atoms with Gasteiger partial charge in [-0.2, -0.15) is 0 Å². The van der Waals surface area contributed by atoms with Gasteiger partial charge in [0, 0.05) is 38.8 Å². The third kappa shape index (κ3) is 4.89. The van der Waals surface area contributed by atoms with Crippen LogP contribution in [0, 0.1) is 0 Å². The van der Waals surface area contributed by atoms with Crippen LogP contribution in [0.25, 0.3) is 0 Å². The van der Waals surface area contributed by atoms with Gasteiger partial charge in [0.25, 0.3) is 0 Å². The van der Waals surface area contributed by atoms with Crippen LogP contribution in [0.15, 0.2) is 18.2 Å². The van der Waals surface area contributed by atoms with Gasteiger partial charge >= 0.3 is 5.97 Å². The van der Waals surface area contributed by atoms with Crippen LogP contribution in [-0.4, -0.2) is 39.3 Å². The fourth-order valence-corrected chi connectivity index (χ4v) is 1.59. The third-order valence-corrected chi connectivity index (χ3v) is 2.46. The largest absolute Gasteiger partial charge is 0.493 e. The number of rotatable bonds is 7. The second-order valence-corrected chi connectivity index (χ2v) is 4.08. The van der Waals surface area contributed by atoms with Gasteiger partial charge in [-0.1, -0.05) is 0 Å². The molecule has 0 unspecified atom stereocenters. The van der Waals surface area contributed by atoms with Crippen molar-refractivity contribution in [2.45, 2.75) is 13.3 Å². The summed E-state index contributed by atoms with van der Waals surface area (Å²) in [5.74, 6) is -0.304. The molecule has 0 aromatic heterocycles. The minimum atomic E-state index is -0.485. The van der Waals surface area contributed by atoms with Crippen molar-refractivity contribution in [3.63, 3.8) is 0 Å². The lowest BCUT2D eigenvalue weighted by Crippen LogP contribution is -2.10. The number of hydrogen-bond donors (Lipinski definition) is 1. The molecule has 0 aliphatic heterocycles. The summed E-state index contributed by atoms with van der Waals surface area (Å²) in [5, 5.41) is 2.64. The van der Waals surface area contributed by atoms with E-state index in [-0.39, 0.29) is 5.91 Å². The highest BCUT2D eigenvalue weighted by Gasteiger charge is 2.14. The van der Waals surface area contributed by atoms with Gasteiger partial charge in [0.15, 0.2) is 0 Å². The third-order valence-electron chi connectivity index (χ3n) is 2.46. The summed E-state index contributed by atoms with van der Waals surface area (Å²) < 4.78 is 15.2. The molecule has 0 bridgehead atoms. The van der Waals surface area contributed by atoms with Crippen molar-refractivity contribution in [3.05, 3.63) is 23.8 Å². The first-order chi connectivity index (χ1) is 9.58. The number of ether oxygens (including phenoxy) is 3. The van der Waals surface area contributed by atoms with Gasteiger partial charge in [0.1, 0.15) is 11.3 Å². The lowest BCUT2D eigenvalue weighted by Gasteiger charge is -2.12. The Morgan fingerprint density at radius 3 is 2.55 bits per heavy atom. The quantitative estimate of drug-likeness (QED) is 0.610. The van der Waals surface area contributed by atoms with E-state index in [2.05, 4.69) is 5.32 Å². The van der Waals surface area contributed by atoms with Gasteiger partial charge in [-0.25, -0.2) is 4.79 Å². The van der Waals surface area contributed by atoms with Crippen molar-refractivity contribution in [3.8, 4) is 5.75 Å². The monoisotopic (exact) mass is 281 g/mol. The number of carbonyl (C=O) groups is 2. The molecule has 1 N–H and O–H groups in total. The van der Waals surface area contributed by atoms with Gasteiger partial charge in [-0.3, -0.25) is 4.79 Å². The number of benzene rings is 1. The zero-order chi connectivity index (χ0) is 15.0. The molecule has 6 nitrogen and oxygen atoms in total. The maximum absolute atomic E-state index is 11.6. The molecule has 1 amide bonds. The maximum atomic E-state index is 11.6. The van der Waals surface area contributed by atoms with Crippen LogP contribution in [0.1, 0.15) is 23.7 Å². The number of amides is 1. The summed E-state index contributed by atoms with van der Waals surface area (Å²) in [5.41, 5.74) is 0.880. The minimum absolute atomic E-state index is 0.193. The van der Waals surface area contributed by atoms with Crippen LogP contribution >= 0.6 is 0 Å². The molecule has 1 aromatic carbocycles. The molecule has 110 valence electrons. The molecule has 0 saturated heterocycles. The fraction of sp³-hybridized carbons (Fsp3) is 0.429. The Hall–Kier alpha value is -2.08. The van der Waals surface area contributed by atoms with Crippen molar-refractivity contribution in [1.29, 1.82) is 0 Å². The Bertz CT molecular complexity index is 473. The van der Waals surface area contributed by atoms with Crippen LogP contribution in [0.2, 0.25) is 0 Å². The van der Waals surface area contributed by atoms with Crippen LogP contribution in [0.5, 0.6) is 5.75 Å². The maximum Gasteiger partial charge on any atom is 0.341 e. The highest BCUT2D eigenvalue weighted by Crippen LogP contribution is 2.24. The Morgan fingerprint density at radius 2 is 1.95 bits per heavy atom. The number of nitrogens with one attached hydrogen (secondary N) is 1. The zero-order valence-corrected chi connectivity index (χ0v) is 11.9. The average molecular weight is 281 g/mol. The SMILES string of the molecule is COCCCOc1cc(NC(C)=O)ccc1C(=O)OC. The minimum Gasteiger partial charge on any atom is -0.493 e. The second kappa shape index (κ2) is 8.16. The van der Waals surface area contributed by atoms with Crippen molar-refractivity contribution in [2.24, 2.45) is 0 Å². The van der Waals surface area contributed by atoms with E-state index in [4.69, 9.17) is 14.2 Å². The topological polar surface area (TPSA) is 73.9 Å². The average Bonchev–Trinajstić information content (AvgIpc) is 2.42. The molecule has 20 heavy (non-hydrogen) atoms. The number of methoxy groups -OCH3 is 2. The smallest absolute Gasteiger partial charge is 0.341 e. The molecule has 1 rings (SSSR count). The van der Waals surface area contributed by atoms with Gasteiger partial charge in [-0.15, -0.1) is 0 Å². The Balaban J connectivity index is 2.87. The predicted octanol–water partition coefficient (Wildman–Crippen LogP) is 1.85. The normalized spacial score (nSPS) is 9.95. The first-order valence-electron chi connectivity index (χ1n) is 6.20. The van der Waals surface area contributed by atoms with E-state index in [1.807, 2.05) is 0 Å². The standard InChI is InChI=1S/C14H19NO5/c1-10(16)15-11-5-6-12(14(17)19-3)13(9-11)20-8-4-7-18-2/h5-6,9H,4,7-8H2,1-3H3,(H,15,16). The van der Waals surface area contributed by atoms with Crippen molar-refractivity contribution in [2.75, 3.05) is 32.8 Å². The number of hydrogen-bond acceptors (Lipinski definition) is 5. The van der Waals surface area contributed by atoms with Crippen molar-refractivity contribution in [1.82, 2.24) is 0 Å². The van der Waals surface area contributed by atoms with E-state index in [9.17, 15) is 9.59 Å². The highest BCUT2D eigenvalue weighted by atomic mass is 16.5. The van der Waals surface area contributed by atoms with E-state index in [1.54, 1.807) is 25.3 Å². The van der Waals surface area contributed by atoms with Crippen LogP contribution < -0.4 is 10.1 Å². The van der Waals surface area contributed by atoms with E-state index in [0.29, 0.717) is 36.6 Å². The fourth-order valence-electron chi connectivity index (χ4n) is 1.59. The van der Waals surface area contributed by atoms with E-state index in [0.717, 1.165) is 0 Å². The summed E-state index contributed by atoms with van der Waals surface area (Å²) >= 11 is 0. The summed E-state index contributed by atoms with van der Waals surface area (Å²) in [4.78, 5) is 22.7. The van der Waals surface area contributed by atoms with E-state index >= 15 is 0 Å². The first kappa shape index (κ1) is 16.0. The van der Waals surface area contributed by atoms with Crippen molar-refractivity contribution >= 4 is 17.6 Å². The molecule has 0 saturated carbocycles. The van der Waals surface area contributed by atoms with Gasteiger partial charge in [-0.05, 0) is 12.1 Å². The summed E-state index contributed by atoms with van der Waals surface area (Å²) in [6, 6.07) is 4.78. The lowest BCUT2D eigenvalue weighted by molar-refractivity contribution is -0.114. The van der Waals surface area contributed by atoms with Crippen LogP contribution in [0.4, 0.5) is 5.69 Å². The van der Waals surface area contributed by atoms with Crippen LogP contribution in [0.3, 0.4) is 0 Å². The highest BCUT2D eigenvalue weighted by molar-refractivity contribution is 5.94. The molecule has 6 heteroatoms. The van der Waals surface area contributed by atoms with E-state index < -0.39 is 5.97 Å². The Morgan fingerprint density at radius 1 is 1.20 bits per heavy atom. The van der Waals surface area contributed by atoms with Gasteiger partial charge < -0.3 is 19.5 Å². The van der Waals surface area contributed by atoms with Crippen LogP contribution in [-0.2, 0) is 14.3 Å². The molecule has 0 atom stereocenters. The number of carbonyl (C=O) groups excluding carboxylic acids is 2. The number of esters is 1. The number of anilines is 1. The van der Waals surface area contributed by atoms with Crippen molar-refractivity contribution < 1.29 is 23.8 Å². The zero-order valence-electron chi connectivity index (χ0n) is 11.9. The Kier molecular flexibility index (Phi) is 6.52. The Labute approximate surface area is 118 Å². The first-order valence-corrected chi connectivity index (χ1v) is 6.20. The molecule has 0 heterocycles. The second-order valence-electron chi connectivity index (χ2n) is 4.08. The molecule has 0 spiro atoms. The molecular weight excluding hydrogens is 262 g/mol. The molecule has 0 aliphatic carbocycles. The molecule has 0 aliphatic rings. The van der Waals surface area contributed by atoms with E-state index in [1.165, 1.54) is 14.0 Å². The molecule has 1 aromatic rings. The lowest BCUT2D eigenvalue weighted by atomic mass is 10.2. The van der Waals surface area contributed by atoms with Gasteiger partial charge in [0.05, 0.1) is 13.7 Å².